The summed E-state index contributed by atoms with van der Waals surface area (Å²) in [6.07, 6.45) is 7.62. The quantitative estimate of drug-likeness (QED) is 0.425. The summed E-state index contributed by atoms with van der Waals surface area (Å²) in [5.74, 6) is 2.91. The van der Waals surface area contributed by atoms with Crippen LogP contribution in [0.3, 0.4) is 0 Å². The number of carbonyl (C=O) groups is 2. The van der Waals surface area contributed by atoms with Crippen molar-refractivity contribution in [2.75, 3.05) is 26.2 Å². The number of rotatable bonds is 7. The number of hydrazine groups is 1. The Kier molecular flexibility index (Phi) is 8.43. The average molecular weight is 392 g/mol. The molecule has 1 fully saturated rings. The molecule has 1 aliphatic rings. The zero-order chi connectivity index (χ0) is 19.6. The summed E-state index contributed by atoms with van der Waals surface area (Å²) in [5, 5.41) is 0.664. The van der Waals surface area contributed by atoms with Crippen molar-refractivity contribution in [1.29, 1.82) is 0 Å². The van der Waals surface area contributed by atoms with Gasteiger partial charge in [-0.3, -0.25) is 25.3 Å². The number of hydrogen-bond acceptors (Lipinski definition) is 4. The standard InChI is InChI=1S/C20H26ClN3O3/c1-3-10-24-11-8-16(9-12-24)20(26)23-22-19(25)5-4-13-27-18-7-6-17(21)14-15(18)2/h1,6-7,14,16H,4-5,8-13H2,2H3,(H,22,25)(H,23,26). The van der Waals surface area contributed by atoms with Crippen molar-refractivity contribution in [1.82, 2.24) is 15.8 Å². The van der Waals surface area contributed by atoms with Gasteiger partial charge in [0.1, 0.15) is 5.75 Å². The van der Waals surface area contributed by atoms with Crippen molar-refractivity contribution in [3.8, 4) is 18.1 Å². The number of piperidine rings is 1. The van der Waals surface area contributed by atoms with Crippen LogP contribution in [0.1, 0.15) is 31.2 Å². The SMILES string of the molecule is C#CCN1CCC(C(=O)NNC(=O)CCCOc2ccc(Cl)cc2C)CC1. The number of carbonyl (C=O) groups excluding carboxylic acids is 2. The third-order valence-corrected chi connectivity index (χ3v) is 4.78. The highest BCUT2D eigenvalue weighted by Crippen LogP contribution is 2.22. The van der Waals surface area contributed by atoms with Crippen molar-refractivity contribution in [3.63, 3.8) is 0 Å². The summed E-state index contributed by atoms with van der Waals surface area (Å²) in [7, 11) is 0. The first-order chi connectivity index (χ1) is 13.0. The molecular formula is C20H26ClN3O3. The number of nitrogens with one attached hydrogen (secondary N) is 2. The van der Waals surface area contributed by atoms with Gasteiger partial charge in [0.15, 0.2) is 0 Å². The fraction of sp³-hybridized carbons (Fsp3) is 0.500. The van der Waals surface area contributed by atoms with E-state index in [1.54, 1.807) is 6.07 Å². The lowest BCUT2D eigenvalue weighted by atomic mass is 9.96. The van der Waals surface area contributed by atoms with E-state index in [-0.39, 0.29) is 24.2 Å². The van der Waals surface area contributed by atoms with Crippen LogP contribution in [0, 0.1) is 25.2 Å². The van der Waals surface area contributed by atoms with Gasteiger partial charge in [-0.25, -0.2) is 0 Å². The van der Waals surface area contributed by atoms with Gasteiger partial charge in [-0.05, 0) is 63.0 Å². The molecule has 0 aromatic heterocycles. The summed E-state index contributed by atoms with van der Waals surface area (Å²) in [6.45, 7) is 4.55. The third kappa shape index (κ3) is 7.12. The van der Waals surface area contributed by atoms with Crippen LogP contribution in [-0.4, -0.2) is 43.0 Å². The Hall–Kier alpha value is -2.23. The highest BCUT2D eigenvalue weighted by Gasteiger charge is 2.24. The first-order valence-electron chi connectivity index (χ1n) is 9.13. The molecule has 0 spiro atoms. The molecule has 27 heavy (non-hydrogen) atoms. The van der Waals surface area contributed by atoms with E-state index in [9.17, 15) is 9.59 Å². The number of hydrogen-bond donors (Lipinski definition) is 2. The predicted molar refractivity (Wildman–Crippen MR) is 105 cm³/mol. The van der Waals surface area contributed by atoms with E-state index in [0.29, 0.717) is 24.6 Å². The molecule has 1 saturated heterocycles. The van der Waals surface area contributed by atoms with Crippen molar-refractivity contribution in [3.05, 3.63) is 28.8 Å². The number of ether oxygens (including phenoxy) is 1. The summed E-state index contributed by atoms with van der Waals surface area (Å²) in [5.41, 5.74) is 5.95. The Balaban J connectivity index is 1.59. The van der Waals surface area contributed by atoms with Gasteiger partial charge in [0.25, 0.3) is 0 Å². The molecule has 0 bridgehead atoms. The van der Waals surface area contributed by atoms with E-state index < -0.39 is 0 Å². The summed E-state index contributed by atoms with van der Waals surface area (Å²) in [4.78, 5) is 26.1. The Labute approximate surface area is 165 Å². The molecule has 6 nitrogen and oxygen atoms in total. The van der Waals surface area contributed by atoms with Crippen molar-refractivity contribution in [2.24, 2.45) is 5.92 Å². The predicted octanol–water partition coefficient (Wildman–Crippen LogP) is 2.30. The van der Waals surface area contributed by atoms with Crippen molar-refractivity contribution in [2.45, 2.75) is 32.6 Å². The fourth-order valence-electron chi connectivity index (χ4n) is 2.97. The van der Waals surface area contributed by atoms with Gasteiger partial charge < -0.3 is 4.74 Å². The van der Waals surface area contributed by atoms with Crippen LogP contribution in [0.15, 0.2) is 18.2 Å². The van der Waals surface area contributed by atoms with Crippen LogP contribution in [0.4, 0.5) is 0 Å². The minimum Gasteiger partial charge on any atom is -0.493 e. The molecule has 1 aromatic carbocycles. The van der Waals surface area contributed by atoms with Gasteiger partial charge in [0.05, 0.1) is 13.2 Å². The lowest BCUT2D eigenvalue weighted by molar-refractivity contribution is -0.132. The minimum absolute atomic E-state index is 0.0875. The number of nitrogens with zero attached hydrogens (tertiary/aromatic N) is 1. The number of aryl methyl sites for hydroxylation is 1. The van der Waals surface area contributed by atoms with E-state index in [1.807, 2.05) is 19.1 Å². The highest BCUT2D eigenvalue weighted by atomic mass is 35.5. The van der Waals surface area contributed by atoms with E-state index >= 15 is 0 Å². The van der Waals surface area contributed by atoms with Crippen LogP contribution < -0.4 is 15.6 Å². The molecule has 0 unspecified atom stereocenters. The lowest BCUT2D eigenvalue weighted by Crippen LogP contribution is -2.47. The molecule has 0 aliphatic carbocycles. The van der Waals surface area contributed by atoms with E-state index in [0.717, 1.165) is 37.2 Å². The third-order valence-electron chi connectivity index (χ3n) is 4.54. The molecule has 1 heterocycles. The fourth-order valence-corrected chi connectivity index (χ4v) is 3.19. The zero-order valence-electron chi connectivity index (χ0n) is 15.6. The molecule has 2 rings (SSSR count). The first-order valence-corrected chi connectivity index (χ1v) is 9.51. The largest absolute Gasteiger partial charge is 0.493 e. The number of terminal acetylenes is 1. The second-order valence-electron chi connectivity index (χ2n) is 6.65. The molecule has 146 valence electrons. The molecular weight excluding hydrogens is 366 g/mol. The normalized spacial score (nSPS) is 15.0. The molecule has 0 radical (unpaired) electrons. The number of likely N-dealkylation sites (tertiary alicyclic amines) is 1. The highest BCUT2D eigenvalue weighted by molar-refractivity contribution is 6.30. The Morgan fingerprint density at radius 3 is 2.74 bits per heavy atom. The van der Waals surface area contributed by atoms with Crippen molar-refractivity contribution < 1.29 is 14.3 Å². The molecule has 0 saturated carbocycles. The monoisotopic (exact) mass is 391 g/mol. The molecule has 7 heteroatoms. The molecule has 0 atom stereocenters. The average Bonchev–Trinajstić information content (AvgIpc) is 2.65. The molecule has 2 amide bonds. The van der Waals surface area contributed by atoms with Gasteiger partial charge in [0, 0.05) is 17.4 Å². The smallest absolute Gasteiger partial charge is 0.241 e. The first kappa shape index (κ1) is 21.1. The second-order valence-corrected chi connectivity index (χ2v) is 7.09. The van der Waals surface area contributed by atoms with Crippen LogP contribution in [0.2, 0.25) is 5.02 Å². The maximum Gasteiger partial charge on any atom is 0.241 e. The Morgan fingerprint density at radius 1 is 1.33 bits per heavy atom. The maximum absolute atomic E-state index is 12.1. The summed E-state index contributed by atoms with van der Waals surface area (Å²) >= 11 is 5.90. The number of halogens is 1. The number of amides is 2. The van der Waals surface area contributed by atoms with Gasteiger partial charge in [-0.15, -0.1) is 6.42 Å². The van der Waals surface area contributed by atoms with E-state index in [1.165, 1.54) is 0 Å². The van der Waals surface area contributed by atoms with Gasteiger partial charge in [-0.1, -0.05) is 17.5 Å². The molecule has 2 N–H and O–H groups in total. The van der Waals surface area contributed by atoms with Crippen molar-refractivity contribution >= 4 is 23.4 Å². The Bertz CT molecular complexity index is 694. The second kappa shape index (κ2) is 10.8. The minimum atomic E-state index is -0.232. The van der Waals surface area contributed by atoms with Crippen LogP contribution in [0.25, 0.3) is 0 Å². The summed E-state index contributed by atoms with van der Waals surface area (Å²) < 4.78 is 5.65. The maximum atomic E-state index is 12.1. The van der Waals surface area contributed by atoms with Gasteiger partial charge in [0.2, 0.25) is 11.8 Å². The zero-order valence-corrected chi connectivity index (χ0v) is 16.3. The van der Waals surface area contributed by atoms with Gasteiger partial charge >= 0.3 is 0 Å². The number of benzene rings is 1. The van der Waals surface area contributed by atoms with Crippen LogP contribution >= 0.6 is 11.6 Å². The van der Waals surface area contributed by atoms with E-state index in [2.05, 4.69) is 21.7 Å². The molecule has 1 aromatic rings. The van der Waals surface area contributed by atoms with Gasteiger partial charge in [-0.2, -0.15) is 0 Å². The van der Waals surface area contributed by atoms with E-state index in [4.69, 9.17) is 22.8 Å². The topological polar surface area (TPSA) is 70.7 Å². The van der Waals surface area contributed by atoms with Crippen LogP contribution in [0.5, 0.6) is 5.75 Å². The summed E-state index contributed by atoms with van der Waals surface area (Å²) in [6, 6.07) is 5.41. The Morgan fingerprint density at radius 2 is 2.07 bits per heavy atom. The lowest BCUT2D eigenvalue weighted by Gasteiger charge is -2.29. The molecule has 1 aliphatic heterocycles. The van der Waals surface area contributed by atoms with Crippen LogP contribution in [-0.2, 0) is 9.59 Å².